The highest BCUT2D eigenvalue weighted by Crippen LogP contribution is 2.34. The summed E-state index contributed by atoms with van der Waals surface area (Å²) in [6.45, 7) is 0. The Bertz CT molecular complexity index is 773. The molecular weight excluding hydrogens is 333 g/mol. The minimum Gasteiger partial charge on any atom is -0.331 e. The Balaban J connectivity index is 2.34. The Morgan fingerprint density at radius 1 is 1.35 bits per heavy atom. The van der Waals surface area contributed by atoms with Crippen molar-refractivity contribution in [2.75, 3.05) is 0 Å². The van der Waals surface area contributed by atoms with E-state index in [9.17, 15) is 18.0 Å². The topological polar surface area (TPSA) is 78.7 Å². The van der Waals surface area contributed by atoms with E-state index in [2.05, 4.69) is 15.3 Å². The summed E-state index contributed by atoms with van der Waals surface area (Å²) in [5.74, 6) is -0.874. The molecule has 9 heteroatoms. The zero-order chi connectivity index (χ0) is 17.0. The highest BCUT2D eigenvalue weighted by atomic mass is 35.5. The lowest BCUT2D eigenvalue weighted by molar-refractivity contribution is -0.138. The Kier molecular flexibility index (Phi) is 4.81. The molecule has 0 aliphatic rings. The standard InChI is InChI=1S/C14H8ClF3N4O/c15-10-6-20-7-21-12(10)13(23)22-11(5-19)8-3-1-2-4-9(8)14(16,17)18/h1-4,6-7,11H,(H,22,23). The van der Waals surface area contributed by atoms with E-state index >= 15 is 0 Å². The molecule has 0 fully saturated rings. The number of amides is 1. The van der Waals surface area contributed by atoms with Gasteiger partial charge in [-0.15, -0.1) is 0 Å². The first-order valence-electron chi connectivity index (χ1n) is 6.16. The zero-order valence-electron chi connectivity index (χ0n) is 11.3. The van der Waals surface area contributed by atoms with Crippen molar-refractivity contribution in [2.45, 2.75) is 12.2 Å². The van der Waals surface area contributed by atoms with Crippen molar-refractivity contribution >= 4 is 17.5 Å². The van der Waals surface area contributed by atoms with Crippen LogP contribution in [0.5, 0.6) is 0 Å². The van der Waals surface area contributed by atoms with Gasteiger partial charge in [0.25, 0.3) is 5.91 Å². The molecule has 0 spiro atoms. The van der Waals surface area contributed by atoms with Crippen LogP contribution in [0.25, 0.3) is 0 Å². The quantitative estimate of drug-likeness (QED) is 0.931. The van der Waals surface area contributed by atoms with Crippen molar-refractivity contribution in [3.05, 3.63) is 58.6 Å². The van der Waals surface area contributed by atoms with Crippen molar-refractivity contribution in [1.82, 2.24) is 15.3 Å². The average Bonchev–Trinajstić information content (AvgIpc) is 2.52. The van der Waals surface area contributed by atoms with Crippen LogP contribution in [0.3, 0.4) is 0 Å². The molecule has 1 heterocycles. The third-order valence-corrected chi connectivity index (χ3v) is 3.14. The van der Waals surface area contributed by atoms with Gasteiger partial charge in [0.2, 0.25) is 0 Å². The van der Waals surface area contributed by atoms with E-state index in [0.29, 0.717) is 0 Å². The van der Waals surface area contributed by atoms with Gasteiger partial charge < -0.3 is 5.32 Å². The van der Waals surface area contributed by atoms with Gasteiger partial charge in [-0.3, -0.25) is 4.79 Å². The number of nitriles is 1. The van der Waals surface area contributed by atoms with Gasteiger partial charge in [-0.2, -0.15) is 18.4 Å². The third kappa shape index (κ3) is 3.76. The van der Waals surface area contributed by atoms with Crippen molar-refractivity contribution in [2.24, 2.45) is 0 Å². The van der Waals surface area contributed by atoms with E-state index < -0.39 is 23.7 Å². The van der Waals surface area contributed by atoms with Crippen LogP contribution in [0.15, 0.2) is 36.8 Å². The number of benzene rings is 1. The molecule has 2 rings (SSSR count). The van der Waals surface area contributed by atoms with Crippen LogP contribution in [-0.2, 0) is 6.18 Å². The number of halogens is 4. The monoisotopic (exact) mass is 340 g/mol. The summed E-state index contributed by atoms with van der Waals surface area (Å²) in [5, 5.41) is 11.2. The van der Waals surface area contributed by atoms with Gasteiger partial charge in [0.05, 0.1) is 16.7 Å². The van der Waals surface area contributed by atoms with Crippen LogP contribution in [0.1, 0.15) is 27.7 Å². The maximum Gasteiger partial charge on any atom is 0.416 e. The SMILES string of the molecule is N#CC(NC(=O)c1ncncc1Cl)c1ccccc1C(F)(F)F. The molecule has 0 aliphatic heterocycles. The molecule has 0 saturated carbocycles. The molecule has 1 amide bonds. The molecule has 23 heavy (non-hydrogen) atoms. The number of aromatic nitrogens is 2. The molecule has 1 unspecified atom stereocenters. The van der Waals surface area contributed by atoms with E-state index in [-0.39, 0.29) is 16.3 Å². The molecule has 1 atom stereocenters. The number of hydrogen-bond donors (Lipinski definition) is 1. The molecular formula is C14H8ClF3N4O. The second-order valence-corrected chi connectivity index (χ2v) is 4.75. The van der Waals surface area contributed by atoms with Gasteiger partial charge in [0.1, 0.15) is 18.1 Å². The van der Waals surface area contributed by atoms with Gasteiger partial charge in [0, 0.05) is 11.8 Å². The Hall–Kier alpha value is -2.66. The summed E-state index contributed by atoms with van der Waals surface area (Å²) in [5.41, 5.74) is -1.59. The maximum absolute atomic E-state index is 13.0. The molecule has 1 aromatic heterocycles. The fourth-order valence-corrected chi connectivity index (χ4v) is 2.06. The molecule has 1 N–H and O–H groups in total. The van der Waals surface area contributed by atoms with E-state index in [4.69, 9.17) is 16.9 Å². The summed E-state index contributed by atoms with van der Waals surface area (Å²) in [4.78, 5) is 19.3. The van der Waals surface area contributed by atoms with Gasteiger partial charge >= 0.3 is 6.18 Å². The Morgan fingerprint density at radius 2 is 2.04 bits per heavy atom. The Morgan fingerprint density at radius 3 is 2.65 bits per heavy atom. The number of nitrogens with zero attached hydrogens (tertiary/aromatic N) is 3. The van der Waals surface area contributed by atoms with E-state index in [1.165, 1.54) is 12.1 Å². The number of rotatable bonds is 3. The number of carbonyl (C=O) groups excluding carboxylic acids is 1. The van der Waals surface area contributed by atoms with Crippen LogP contribution in [-0.4, -0.2) is 15.9 Å². The molecule has 0 bridgehead atoms. The van der Waals surface area contributed by atoms with E-state index in [0.717, 1.165) is 24.7 Å². The molecule has 0 saturated heterocycles. The van der Waals surface area contributed by atoms with Crippen LogP contribution in [0.2, 0.25) is 5.02 Å². The molecule has 118 valence electrons. The molecule has 5 nitrogen and oxygen atoms in total. The Labute approximate surface area is 133 Å². The number of hydrogen-bond acceptors (Lipinski definition) is 4. The van der Waals surface area contributed by atoms with Crippen LogP contribution in [0.4, 0.5) is 13.2 Å². The van der Waals surface area contributed by atoms with Gasteiger partial charge in [-0.05, 0) is 6.07 Å². The minimum absolute atomic E-state index is 0.0780. The van der Waals surface area contributed by atoms with Crippen molar-refractivity contribution in [1.29, 1.82) is 5.26 Å². The smallest absolute Gasteiger partial charge is 0.331 e. The molecule has 1 aromatic carbocycles. The van der Waals surface area contributed by atoms with E-state index in [1.807, 2.05) is 0 Å². The molecule has 2 aromatic rings. The minimum atomic E-state index is -4.65. The predicted molar refractivity (Wildman–Crippen MR) is 74.3 cm³/mol. The first-order chi connectivity index (χ1) is 10.8. The van der Waals surface area contributed by atoms with Crippen molar-refractivity contribution < 1.29 is 18.0 Å². The number of nitrogens with one attached hydrogen (secondary N) is 1. The molecule has 0 aliphatic carbocycles. The fourth-order valence-electron chi connectivity index (χ4n) is 1.87. The third-order valence-electron chi connectivity index (χ3n) is 2.86. The maximum atomic E-state index is 13.0. The predicted octanol–water partition coefficient (Wildman–Crippen LogP) is 3.14. The lowest BCUT2D eigenvalue weighted by atomic mass is 10.0. The highest BCUT2D eigenvalue weighted by molar-refractivity contribution is 6.33. The lowest BCUT2D eigenvalue weighted by Gasteiger charge is -2.17. The van der Waals surface area contributed by atoms with Crippen molar-refractivity contribution in [3.63, 3.8) is 0 Å². The normalized spacial score (nSPS) is 12.3. The first-order valence-corrected chi connectivity index (χ1v) is 6.54. The second kappa shape index (κ2) is 6.62. The number of alkyl halides is 3. The van der Waals surface area contributed by atoms with E-state index in [1.54, 1.807) is 6.07 Å². The summed E-state index contributed by atoms with van der Waals surface area (Å²) in [6.07, 6.45) is -2.43. The largest absolute Gasteiger partial charge is 0.416 e. The molecule has 0 radical (unpaired) electrons. The van der Waals surface area contributed by atoms with Crippen LogP contribution >= 0.6 is 11.6 Å². The van der Waals surface area contributed by atoms with Crippen LogP contribution < -0.4 is 5.32 Å². The highest BCUT2D eigenvalue weighted by Gasteiger charge is 2.35. The zero-order valence-corrected chi connectivity index (χ0v) is 12.1. The lowest BCUT2D eigenvalue weighted by Crippen LogP contribution is -2.30. The fraction of sp³-hybridized carbons (Fsp3) is 0.143. The average molecular weight is 341 g/mol. The van der Waals surface area contributed by atoms with Crippen molar-refractivity contribution in [3.8, 4) is 6.07 Å². The van der Waals surface area contributed by atoms with Crippen LogP contribution in [0, 0.1) is 11.3 Å². The first kappa shape index (κ1) is 16.7. The number of carbonyl (C=O) groups is 1. The summed E-state index contributed by atoms with van der Waals surface area (Å²) >= 11 is 5.75. The van der Waals surface area contributed by atoms with Gasteiger partial charge in [0.15, 0.2) is 0 Å². The summed E-state index contributed by atoms with van der Waals surface area (Å²) in [6, 6.07) is 4.63. The summed E-state index contributed by atoms with van der Waals surface area (Å²) in [7, 11) is 0. The van der Waals surface area contributed by atoms with Gasteiger partial charge in [-0.25, -0.2) is 9.97 Å². The van der Waals surface area contributed by atoms with Gasteiger partial charge in [-0.1, -0.05) is 29.8 Å². The second-order valence-electron chi connectivity index (χ2n) is 4.34. The summed E-state index contributed by atoms with van der Waals surface area (Å²) < 4.78 is 39.0.